The third-order valence-electron chi connectivity index (χ3n) is 3.90. The van der Waals surface area contributed by atoms with Crippen LogP contribution in [0.1, 0.15) is 12.8 Å². The van der Waals surface area contributed by atoms with E-state index in [4.69, 9.17) is 25.5 Å². The summed E-state index contributed by atoms with van der Waals surface area (Å²) in [5, 5.41) is 11.2. The Labute approximate surface area is 177 Å². The van der Waals surface area contributed by atoms with Crippen LogP contribution in [0.15, 0.2) is 51.8 Å². The number of ether oxygens (including phenoxy) is 2. The lowest BCUT2D eigenvalue weighted by atomic mass is 10.2. The number of hydrogen-bond acceptors (Lipinski definition) is 7. The van der Waals surface area contributed by atoms with Crippen molar-refractivity contribution in [3.63, 3.8) is 0 Å². The zero-order valence-electron chi connectivity index (χ0n) is 16.0. The van der Waals surface area contributed by atoms with Crippen LogP contribution < -0.4 is 14.8 Å². The van der Waals surface area contributed by atoms with Gasteiger partial charge in [-0.15, -0.1) is 16.9 Å². The van der Waals surface area contributed by atoms with Crippen molar-refractivity contribution in [1.82, 2.24) is 10.2 Å². The lowest BCUT2D eigenvalue weighted by molar-refractivity contribution is -0.116. The number of methoxy groups -OCH3 is 2. The Hall–Kier alpha value is -2.71. The van der Waals surface area contributed by atoms with E-state index in [1.165, 1.54) is 0 Å². The van der Waals surface area contributed by atoms with E-state index in [9.17, 15) is 4.79 Å². The summed E-state index contributed by atoms with van der Waals surface area (Å²) in [7, 11) is 3.12. The molecule has 2 aromatic carbocycles. The Kier molecular flexibility index (Phi) is 7.37. The van der Waals surface area contributed by atoms with Gasteiger partial charge in [0.05, 0.1) is 14.2 Å². The van der Waals surface area contributed by atoms with Gasteiger partial charge in [-0.3, -0.25) is 10.1 Å². The molecule has 0 saturated carbocycles. The molecule has 0 aliphatic rings. The number of carbonyl (C=O) groups excluding carboxylic acids is 1. The van der Waals surface area contributed by atoms with Crippen LogP contribution in [0.5, 0.6) is 11.5 Å². The molecular formula is C20H20ClN3O4S. The van der Waals surface area contributed by atoms with Crippen LogP contribution in [0, 0.1) is 0 Å². The Morgan fingerprint density at radius 1 is 1.10 bits per heavy atom. The molecule has 0 atom stereocenters. The highest BCUT2D eigenvalue weighted by Crippen LogP contribution is 2.29. The van der Waals surface area contributed by atoms with Crippen LogP contribution in [-0.2, 0) is 4.79 Å². The van der Waals surface area contributed by atoms with Gasteiger partial charge in [0.25, 0.3) is 0 Å². The summed E-state index contributed by atoms with van der Waals surface area (Å²) in [4.78, 5) is 13.2. The van der Waals surface area contributed by atoms with E-state index in [0.29, 0.717) is 34.9 Å². The van der Waals surface area contributed by atoms with Gasteiger partial charge in [0, 0.05) is 28.0 Å². The number of hydrogen-bond donors (Lipinski definition) is 1. The number of nitrogens with one attached hydrogen (secondary N) is 1. The monoisotopic (exact) mass is 433 g/mol. The Balaban J connectivity index is 1.50. The summed E-state index contributed by atoms with van der Waals surface area (Å²) in [6.07, 6.45) is 1.07. The lowest BCUT2D eigenvalue weighted by Gasteiger charge is -2.05. The second kappa shape index (κ2) is 10.2. The molecule has 0 saturated heterocycles. The van der Waals surface area contributed by atoms with E-state index < -0.39 is 0 Å². The molecule has 0 aliphatic heterocycles. The third-order valence-corrected chi connectivity index (χ3v) is 5.25. The second-order valence-electron chi connectivity index (χ2n) is 5.97. The summed E-state index contributed by atoms with van der Waals surface area (Å²) in [5.41, 5.74) is 0.633. The molecular weight excluding hydrogens is 414 g/mol. The highest BCUT2D eigenvalue weighted by molar-refractivity contribution is 7.99. The number of benzene rings is 2. The summed E-state index contributed by atoms with van der Waals surface area (Å²) < 4.78 is 16.0. The zero-order valence-corrected chi connectivity index (χ0v) is 17.5. The maximum absolute atomic E-state index is 12.1. The Bertz CT molecular complexity index is 940. The molecule has 1 N–H and O–H groups in total. The van der Waals surface area contributed by atoms with Crippen LogP contribution in [0.3, 0.4) is 0 Å². The number of nitrogens with zero attached hydrogens (tertiary/aromatic N) is 2. The summed E-state index contributed by atoms with van der Waals surface area (Å²) in [6, 6.07) is 12.9. The van der Waals surface area contributed by atoms with Gasteiger partial charge in [-0.25, -0.2) is 0 Å². The average molecular weight is 434 g/mol. The fourth-order valence-electron chi connectivity index (χ4n) is 2.46. The van der Waals surface area contributed by atoms with Crippen molar-refractivity contribution in [2.75, 3.05) is 25.3 Å². The standard InChI is InChI=1S/C20H20ClN3O4S/c1-26-15-10-13(11-16(12-15)27-2)19-23-24-20(28-19)22-18(25)4-3-9-29-17-7-5-14(21)6-8-17/h5-8,10-12H,3-4,9H2,1-2H3,(H,22,24,25). The number of halogens is 1. The first-order valence-corrected chi connectivity index (χ1v) is 10.2. The van der Waals surface area contributed by atoms with E-state index in [1.54, 1.807) is 44.2 Å². The first kappa shape index (κ1) is 21.0. The molecule has 9 heteroatoms. The molecule has 0 fully saturated rings. The topological polar surface area (TPSA) is 86.5 Å². The molecule has 152 valence electrons. The molecule has 0 radical (unpaired) electrons. The van der Waals surface area contributed by atoms with Crippen molar-refractivity contribution in [1.29, 1.82) is 0 Å². The maximum atomic E-state index is 12.1. The van der Waals surface area contributed by atoms with Gasteiger partial charge < -0.3 is 13.9 Å². The smallest absolute Gasteiger partial charge is 0.322 e. The molecule has 7 nitrogen and oxygen atoms in total. The molecule has 0 spiro atoms. The normalized spacial score (nSPS) is 10.6. The van der Waals surface area contributed by atoms with E-state index in [2.05, 4.69) is 15.5 Å². The summed E-state index contributed by atoms with van der Waals surface area (Å²) in [5.74, 6) is 2.09. The fraction of sp³-hybridized carbons (Fsp3) is 0.250. The molecule has 0 aliphatic carbocycles. The van der Waals surface area contributed by atoms with Gasteiger partial charge >= 0.3 is 6.01 Å². The minimum absolute atomic E-state index is 0.0529. The lowest BCUT2D eigenvalue weighted by Crippen LogP contribution is -2.11. The van der Waals surface area contributed by atoms with Crippen molar-refractivity contribution in [2.45, 2.75) is 17.7 Å². The highest BCUT2D eigenvalue weighted by Gasteiger charge is 2.13. The number of amides is 1. The Morgan fingerprint density at radius 3 is 2.45 bits per heavy atom. The molecule has 1 aromatic heterocycles. The molecule has 0 unspecified atom stereocenters. The van der Waals surface area contributed by atoms with Crippen molar-refractivity contribution < 1.29 is 18.7 Å². The van der Waals surface area contributed by atoms with E-state index in [-0.39, 0.29) is 17.8 Å². The van der Waals surface area contributed by atoms with Gasteiger partial charge in [0.15, 0.2) is 0 Å². The minimum Gasteiger partial charge on any atom is -0.497 e. The van der Waals surface area contributed by atoms with Crippen LogP contribution >= 0.6 is 23.4 Å². The van der Waals surface area contributed by atoms with Crippen molar-refractivity contribution >= 4 is 35.3 Å². The first-order valence-electron chi connectivity index (χ1n) is 8.82. The molecule has 3 aromatic rings. The number of aromatic nitrogens is 2. The van der Waals surface area contributed by atoms with Crippen molar-refractivity contribution in [3.05, 3.63) is 47.5 Å². The van der Waals surface area contributed by atoms with Crippen LogP contribution in [0.4, 0.5) is 6.01 Å². The summed E-state index contributed by atoms with van der Waals surface area (Å²) in [6.45, 7) is 0. The van der Waals surface area contributed by atoms with Gasteiger partial charge in [-0.2, -0.15) is 0 Å². The minimum atomic E-state index is -0.180. The quantitative estimate of drug-likeness (QED) is 0.378. The zero-order chi connectivity index (χ0) is 20.6. The predicted molar refractivity (Wildman–Crippen MR) is 113 cm³/mol. The van der Waals surface area contributed by atoms with Gasteiger partial charge in [-0.05, 0) is 48.6 Å². The molecule has 1 heterocycles. The van der Waals surface area contributed by atoms with Crippen LogP contribution in [0.2, 0.25) is 5.02 Å². The molecule has 0 bridgehead atoms. The van der Waals surface area contributed by atoms with E-state index in [0.717, 1.165) is 10.6 Å². The van der Waals surface area contributed by atoms with Crippen molar-refractivity contribution in [2.24, 2.45) is 0 Å². The van der Waals surface area contributed by atoms with E-state index >= 15 is 0 Å². The van der Waals surface area contributed by atoms with Crippen molar-refractivity contribution in [3.8, 4) is 23.0 Å². The fourth-order valence-corrected chi connectivity index (χ4v) is 3.44. The third kappa shape index (κ3) is 6.13. The van der Waals surface area contributed by atoms with Gasteiger partial charge in [0.2, 0.25) is 11.8 Å². The number of rotatable bonds is 9. The van der Waals surface area contributed by atoms with Crippen LogP contribution in [0.25, 0.3) is 11.5 Å². The van der Waals surface area contributed by atoms with Gasteiger partial charge in [0.1, 0.15) is 11.5 Å². The molecule has 3 rings (SSSR count). The Morgan fingerprint density at radius 2 is 1.79 bits per heavy atom. The number of thioether (sulfide) groups is 1. The SMILES string of the molecule is COc1cc(OC)cc(-c2nnc(NC(=O)CCCSc3ccc(Cl)cc3)o2)c1. The predicted octanol–water partition coefficient (Wildman–Crippen LogP) is 4.92. The number of anilines is 1. The first-order chi connectivity index (χ1) is 14.1. The summed E-state index contributed by atoms with van der Waals surface area (Å²) >= 11 is 7.54. The second-order valence-corrected chi connectivity index (χ2v) is 7.57. The largest absolute Gasteiger partial charge is 0.497 e. The number of carbonyl (C=O) groups is 1. The van der Waals surface area contributed by atoms with Gasteiger partial charge in [-0.1, -0.05) is 16.7 Å². The average Bonchev–Trinajstić information content (AvgIpc) is 3.20. The molecule has 1 amide bonds. The highest BCUT2D eigenvalue weighted by atomic mass is 35.5. The van der Waals surface area contributed by atoms with Crippen LogP contribution in [-0.4, -0.2) is 36.1 Å². The molecule has 29 heavy (non-hydrogen) atoms. The maximum Gasteiger partial charge on any atom is 0.322 e. The van der Waals surface area contributed by atoms with E-state index in [1.807, 2.05) is 24.3 Å².